The fourth-order valence-electron chi connectivity index (χ4n) is 1.67. The van der Waals surface area contributed by atoms with Gasteiger partial charge in [0.25, 0.3) is 0 Å². The lowest BCUT2D eigenvalue weighted by Crippen LogP contribution is -2.20. The van der Waals surface area contributed by atoms with Crippen molar-refractivity contribution in [3.8, 4) is 0 Å². The molecule has 1 amide bonds. The topological polar surface area (TPSA) is 79.3 Å². The summed E-state index contributed by atoms with van der Waals surface area (Å²) < 4.78 is 0. The lowest BCUT2D eigenvalue weighted by Gasteiger charge is -2.09. The van der Waals surface area contributed by atoms with Crippen molar-refractivity contribution in [1.82, 2.24) is 4.98 Å². The maximum Gasteiger partial charge on any atom is 0.354 e. The van der Waals surface area contributed by atoms with Crippen LogP contribution in [0, 0.1) is 5.92 Å². The van der Waals surface area contributed by atoms with Gasteiger partial charge in [-0.3, -0.25) is 4.79 Å². The van der Waals surface area contributed by atoms with Gasteiger partial charge in [0.05, 0.1) is 11.9 Å². The quantitative estimate of drug-likeness (QED) is 0.777. The lowest BCUT2D eigenvalue weighted by atomic mass is 10.1. The van der Waals surface area contributed by atoms with Gasteiger partial charge in [0.1, 0.15) is 5.69 Å². The van der Waals surface area contributed by atoms with Crippen LogP contribution in [0.2, 0.25) is 0 Å². The number of hydrogen-bond donors (Lipinski definition) is 2. The molecule has 5 heteroatoms. The summed E-state index contributed by atoms with van der Waals surface area (Å²) in [5.74, 6) is -1.16. The molecular formula is C12H12N2O3. The van der Waals surface area contributed by atoms with Crippen LogP contribution in [0.5, 0.6) is 0 Å². The third-order valence-electron chi connectivity index (χ3n) is 2.63. The second-order valence-electron chi connectivity index (χ2n) is 3.87. The number of amides is 1. The summed E-state index contributed by atoms with van der Waals surface area (Å²) in [5, 5.41) is 11.4. The van der Waals surface area contributed by atoms with Crippen LogP contribution in [-0.4, -0.2) is 22.0 Å². The van der Waals surface area contributed by atoms with E-state index in [2.05, 4.69) is 10.3 Å². The molecule has 1 aromatic rings. The van der Waals surface area contributed by atoms with E-state index < -0.39 is 5.97 Å². The number of rotatable bonds is 3. The molecule has 17 heavy (non-hydrogen) atoms. The summed E-state index contributed by atoms with van der Waals surface area (Å²) in [6.45, 7) is 0. The van der Waals surface area contributed by atoms with E-state index in [4.69, 9.17) is 5.11 Å². The van der Waals surface area contributed by atoms with Crippen molar-refractivity contribution < 1.29 is 14.7 Å². The van der Waals surface area contributed by atoms with Crippen LogP contribution >= 0.6 is 0 Å². The van der Waals surface area contributed by atoms with Crippen molar-refractivity contribution in [2.75, 3.05) is 5.32 Å². The first-order valence-electron chi connectivity index (χ1n) is 5.32. The molecular weight excluding hydrogens is 220 g/mol. The van der Waals surface area contributed by atoms with Crippen LogP contribution in [-0.2, 0) is 4.79 Å². The number of anilines is 1. The Morgan fingerprint density at radius 2 is 2.00 bits per heavy atom. The van der Waals surface area contributed by atoms with Gasteiger partial charge in [0, 0.05) is 5.92 Å². The average Bonchev–Trinajstić information content (AvgIpc) is 2.83. The molecule has 0 saturated carbocycles. The first-order valence-corrected chi connectivity index (χ1v) is 5.32. The second kappa shape index (κ2) is 4.78. The van der Waals surface area contributed by atoms with E-state index in [1.54, 1.807) is 0 Å². The summed E-state index contributed by atoms with van der Waals surface area (Å²) in [4.78, 5) is 26.1. The molecule has 2 N–H and O–H groups in total. The Kier molecular flexibility index (Phi) is 3.18. The van der Waals surface area contributed by atoms with Gasteiger partial charge in [-0.15, -0.1) is 0 Å². The Morgan fingerprint density at radius 3 is 2.53 bits per heavy atom. The first kappa shape index (κ1) is 11.3. The SMILES string of the molecule is O=C(O)c1ccc(NC(=O)C2CC=CC2)cn1. The van der Waals surface area contributed by atoms with Crippen molar-refractivity contribution >= 4 is 17.6 Å². The number of allylic oxidation sites excluding steroid dienone is 2. The molecule has 1 aliphatic rings. The van der Waals surface area contributed by atoms with E-state index in [0.29, 0.717) is 5.69 Å². The number of carbonyl (C=O) groups excluding carboxylic acids is 1. The fourth-order valence-corrected chi connectivity index (χ4v) is 1.67. The lowest BCUT2D eigenvalue weighted by molar-refractivity contribution is -0.119. The minimum absolute atomic E-state index is 0.0193. The number of pyridine rings is 1. The minimum Gasteiger partial charge on any atom is -0.477 e. The van der Waals surface area contributed by atoms with Crippen LogP contribution in [0.3, 0.4) is 0 Å². The van der Waals surface area contributed by atoms with Gasteiger partial charge in [-0.1, -0.05) is 12.2 Å². The van der Waals surface area contributed by atoms with E-state index in [9.17, 15) is 9.59 Å². The van der Waals surface area contributed by atoms with E-state index in [1.807, 2.05) is 12.2 Å². The molecule has 0 spiro atoms. The van der Waals surface area contributed by atoms with E-state index in [-0.39, 0.29) is 17.5 Å². The van der Waals surface area contributed by atoms with Crippen LogP contribution in [0.15, 0.2) is 30.5 Å². The van der Waals surface area contributed by atoms with Gasteiger partial charge >= 0.3 is 5.97 Å². The molecule has 0 radical (unpaired) electrons. The highest BCUT2D eigenvalue weighted by Gasteiger charge is 2.19. The number of carboxylic acid groups (broad SMARTS) is 1. The molecule has 1 aliphatic carbocycles. The highest BCUT2D eigenvalue weighted by atomic mass is 16.4. The molecule has 0 aliphatic heterocycles. The normalized spacial score (nSPS) is 14.8. The highest BCUT2D eigenvalue weighted by molar-refractivity contribution is 5.93. The predicted octanol–water partition coefficient (Wildman–Crippen LogP) is 1.68. The highest BCUT2D eigenvalue weighted by Crippen LogP contribution is 2.19. The summed E-state index contributed by atoms with van der Waals surface area (Å²) in [5.41, 5.74) is 0.484. The zero-order chi connectivity index (χ0) is 12.3. The van der Waals surface area contributed by atoms with Gasteiger partial charge in [-0.05, 0) is 25.0 Å². The van der Waals surface area contributed by atoms with Gasteiger partial charge in [0.2, 0.25) is 5.91 Å². The molecule has 0 atom stereocenters. The number of carboxylic acids is 1. The van der Waals surface area contributed by atoms with E-state index >= 15 is 0 Å². The zero-order valence-electron chi connectivity index (χ0n) is 9.09. The van der Waals surface area contributed by atoms with Crippen molar-refractivity contribution in [3.05, 3.63) is 36.2 Å². The molecule has 0 aromatic carbocycles. The number of hydrogen-bond acceptors (Lipinski definition) is 3. The van der Waals surface area contributed by atoms with Gasteiger partial charge in [-0.2, -0.15) is 0 Å². The number of aromatic nitrogens is 1. The molecule has 1 aromatic heterocycles. The van der Waals surface area contributed by atoms with E-state index in [0.717, 1.165) is 12.8 Å². The molecule has 2 rings (SSSR count). The van der Waals surface area contributed by atoms with Crippen molar-refractivity contribution in [1.29, 1.82) is 0 Å². The third-order valence-corrected chi connectivity index (χ3v) is 2.63. The molecule has 5 nitrogen and oxygen atoms in total. The van der Waals surface area contributed by atoms with Crippen molar-refractivity contribution in [2.24, 2.45) is 5.92 Å². The third kappa shape index (κ3) is 2.69. The fraction of sp³-hybridized carbons (Fsp3) is 0.250. The number of carbonyl (C=O) groups is 2. The maximum absolute atomic E-state index is 11.7. The van der Waals surface area contributed by atoms with Crippen LogP contribution in [0.1, 0.15) is 23.3 Å². The summed E-state index contributed by atoms with van der Waals surface area (Å²) >= 11 is 0. The number of aromatic carboxylic acids is 1. The van der Waals surface area contributed by atoms with Crippen molar-refractivity contribution in [3.63, 3.8) is 0 Å². The Morgan fingerprint density at radius 1 is 1.29 bits per heavy atom. The van der Waals surface area contributed by atoms with Gasteiger partial charge in [-0.25, -0.2) is 9.78 Å². The second-order valence-corrected chi connectivity index (χ2v) is 3.87. The molecule has 0 bridgehead atoms. The molecule has 0 saturated heterocycles. The Bertz CT molecular complexity index is 457. The largest absolute Gasteiger partial charge is 0.477 e. The van der Waals surface area contributed by atoms with Crippen LogP contribution < -0.4 is 5.32 Å². The Balaban J connectivity index is 1.99. The monoisotopic (exact) mass is 232 g/mol. The summed E-state index contributed by atoms with van der Waals surface area (Å²) in [7, 11) is 0. The summed E-state index contributed by atoms with van der Waals surface area (Å²) in [6.07, 6.45) is 6.83. The predicted molar refractivity (Wildman–Crippen MR) is 61.7 cm³/mol. The molecule has 88 valence electrons. The minimum atomic E-state index is -1.08. The van der Waals surface area contributed by atoms with E-state index in [1.165, 1.54) is 18.3 Å². The molecule has 1 heterocycles. The Hall–Kier alpha value is -2.17. The average molecular weight is 232 g/mol. The molecule has 0 unspecified atom stereocenters. The van der Waals surface area contributed by atoms with Gasteiger partial charge in [0.15, 0.2) is 0 Å². The molecule has 0 fully saturated rings. The first-order chi connectivity index (χ1) is 8.16. The van der Waals surface area contributed by atoms with Crippen molar-refractivity contribution in [2.45, 2.75) is 12.8 Å². The summed E-state index contributed by atoms with van der Waals surface area (Å²) in [6, 6.07) is 2.90. The smallest absolute Gasteiger partial charge is 0.354 e. The number of nitrogens with one attached hydrogen (secondary N) is 1. The maximum atomic E-state index is 11.7. The Labute approximate surface area is 98.2 Å². The standard InChI is InChI=1S/C12H12N2O3/c15-11(8-3-1-2-4-8)14-9-5-6-10(12(16)17)13-7-9/h1-2,5-8H,3-4H2,(H,14,15)(H,16,17). The number of nitrogens with zero attached hydrogens (tertiary/aromatic N) is 1. The van der Waals surface area contributed by atoms with Crippen LogP contribution in [0.25, 0.3) is 0 Å². The van der Waals surface area contributed by atoms with Gasteiger partial charge < -0.3 is 10.4 Å². The van der Waals surface area contributed by atoms with Crippen LogP contribution in [0.4, 0.5) is 5.69 Å². The zero-order valence-corrected chi connectivity index (χ0v) is 9.09.